The molecular formula is C14H23BrN2S. The van der Waals surface area contributed by atoms with Crippen molar-refractivity contribution in [3.8, 4) is 0 Å². The predicted octanol–water partition coefficient (Wildman–Crippen LogP) is 3.78. The van der Waals surface area contributed by atoms with E-state index in [1.165, 1.54) is 53.1 Å². The molecule has 1 fully saturated rings. The smallest absolute Gasteiger partial charge is 0.0314 e. The number of likely N-dealkylation sites (tertiary alicyclic amines) is 1. The van der Waals surface area contributed by atoms with Gasteiger partial charge in [0.25, 0.3) is 0 Å². The summed E-state index contributed by atoms with van der Waals surface area (Å²) in [7, 11) is 0. The zero-order valence-corrected chi connectivity index (χ0v) is 13.7. The first-order valence-corrected chi connectivity index (χ1v) is 8.46. The van der Waals surface area contributed by atoms with E-state index in [0.29, 0.717) is 6.04 Å². The minimum absolute atomic E-state index is 0.573. The van der Waals surface area contributed by atoms with Crippen LogP contribution < -0.4 is 5.32 Å². The molecule has 2 heterocycles. The van der Waals surface area contributed by atoms with Gasteiger partial charge in [-0.2, -0.15) is 0 Å². The van der Waals surface area contributed by atoms with Gasteiger partial charge in [0, 0.05) is 33.4 Å². The Kier molecular flexibility index (Phi) is 5.67. The van der Waals surface area contributed by atoms with Crippen LogP contribution in [0, 0.1) is 6.92 Å². The quantitative estimate of drug-likeness (QED) is 0.883. The van der Waals surface area contributed by atoms with Gasteiger partial charge in [0.15, 0.2) is 0 Å². The first-order chi connectivity index (χ1) is 8.65. The lowest BCUT2D eigenvalue weighted by atomic mass is 10.1. The average Bonchev–Trinajstić information content (AvgIpc) is 2.68. The van der Waals surface area contributed by atoms with Gasteiger partial charge in [0.05, 0.1) is 0 Å². The number of hydrogen-bond donors (Lipinski definition) is 1. The molecule has 0 saturated carbocycles. The summed E-state index contributed by atoms with van der Waals surface area (Å²) >= 11 is 5.46. The van der Waals surface area contributed by atoms with Crippen LogP contribution in [-0.4, -0.2) is 30.6 Å². The van der Waals surface area contributed by atoms with E-state index in [1.807, 2.05) is 11.3 Å². The molecule has 102 valence electrons. The number of piperidine rings is 1. The van der Waals surface area contributed by atoms with Crippen molar-refractivity contribution in [1.82, 2.24) is 10.2 Å². The second kappa shape index (κ2) is 7.04. The second-order valence-corrected chi connectivity index (χ2v) is 7.46. The molecule has 0 amide bonds. The van der Waals surface area contributed by atoms with Gasteiger partial charge in [-0.1, -0.05) is 6.42 Å². The Morgan fingerprint density at radius 3 is 2.72 bits per heavy atom. The maximum atomic E-state index is 3.63. The Hall–Kier alpha value is 0.100. The van der Waals surface area contributed by atoms with E-state index in [0.717, 1.165) is 6.54 Å². The molecule has 18 heavy (non-hydrogen) atoms. The summed E-state index contributed by atoms with van der Waals surface area (Å²) in [6, 6.07) is 2.81. The summed E-state index contributed by atoms with van der Waals surface area (Å²) in [5.74, 6) is 0. The Bertz CT molecular complexity index is 352. The molecule has 1 aromatic heterocycles. The maximum absolute atomic E-state index is 3.63. The monoisotopic (exact) mass is 330 g/mol. The summed E-state index contributed by atoms with van der Waals surface area (Å²) in [4.78, 5) is 5.39. The van der Waals surface area contributed by atoms with Gasteiger partial charge in [0.1, 0.15) is 0 Å². The van der Waals surface area contributed by atoms with Crippen molar-refractivity contribution in [3.05, 3.63) is 20.3 Å². The summed E-state index contributed by atoms with van der Waals surface area (Å²) in [5, 5.41) is 3.63. The van der Waals surface area contributed by atoms with Gasteiger partial charge >= 0.3 is 0 Å². The summed E-state index contributed by atoms with van der Waals surface area (Å²) in [6.07, 6.45) is 4.17. The van der Waals surface area contributed by atoms with E-state index < -0.39 is 0 Å². The third-order valence-corrected chi connectivity index (χ3v) is 5.65. The second-order valence-electron chi connectivity index (χ2n) is 5.26. The van der Waals surface area contributed by atoms with Crippen LogP contribution in [0.4, 0.5) is 0 Å². The fourth-order valence-electron chi connectivity index (χ4n) is 2.47. The standard InChI is InChI=1S/C14H23BrN2S/c1-11(10-17-6-4-3-5-7-17)16-9-13-8-14(15)12(2)18-13/h8,11,16H,3-7,9-10H2,1-2H3. The molecule has 1 N–H and O–H groups in total. The lowest BCUT2D eigenvalue weighted by molar-refractivity contribution is 0.209. The Balaban J connectivity index is 1.72. The fraction of sp³-hybridized carbons (Fsp3) is 0.714. The van der Waals surface area contributed by atoms with Gasteiger partial charge in [-0.05, 0) is 61.8 Å². The average molecular weight is 331 g/mol. The first kappa shape index (κ1) is 14.5. The van der Waals surface area contributed by atoms with Crippen LogP contribution in [0.15, 0.2) is 10.5 Å². The highest BCUT2D eigenvalue weighted by molar-refractivity contribution is 9.10. The van der Waals surface area contributed by atoms with Crippen LogP contribution in [0.3, 0.4) is 0 Å². The molecule has 0 bridgehead atoms. The van der Waals surface area contributed by atoms with E-state index in [1.54, 1.807) is 0 Å². The minimum Gasteiger partial charge on any atom is -0.308 e. The Labute approximate surface area is 123 Å². The highest BCUT2D eigenvalue weighted by Gasteiger charge is 2.13. The van der Waals surface area contributed by atoms with E-state index in [9.17, 15) is 0 Å². The Morgan fingerprint density at radius 2 is 2.11 bits per heavy atom. The number of thiophene rings is 1. The number of nitrogens with one attached hydrogen (secondary N) is 1. The molecule has 2 rings (SSSR count). The van der Waals surface area contributed by atoms with Crippen LogP contribution in [0.5, 0.6) is 0 Å². The molecule has 2 nitrogen and oxygen atoms in total. The molecule has 1 saturated heterocycles. The molecule has 1 aromatic rings. The van der Waals surface area contributed by atoms with Gasteiger partial charge in [-0.15, -0.1) is 11.3 Å². The van der Waals surface area contributed by atoms with Crippen LogP contribution in [0.1, 0.15) is 35.9 Å². The highest BCUT2D eigenvalue weighted by Crippen LogP contribution is 2.26. The maximum Gasteiger partial charge on any atom is 0.0314 e. The van der Waals surface area contributed by atoms with Crippen LogP contribution >= 0.6 is 27.3 Å². The SMILES string of the molecule is Cc1sc(CNC(C)CN2CCCCC2)cc1Br. The molecule has 1 aliphatic heterocycles. The third kappa shape index (κ3) is 4.34. The van der Waals surface area contributed by atoms with E-state index in [4.69, 9.17) is 0 Å². The molecule has 1 aliphatic rings. The topological polar surface area (TPSA) is 15.3 Å². The first-order valence-electron chi connectivity index (χ1n) is 6.85. The third-order valence-electron chi connectivity index (χ3n) is 3.51. The Morgan fingerprint density at radius 1 is 1.39 bits per heavy atom. The normalized spacial score (nSPS) is 19.1. The van der Waals surface area contributed by atoms with Crippen molar-refractivity contribution in [3.63, 3.8) is 0 Å². The molecule has 1 unspecified atom stereocenters. The highest BCUT2D eigenvalue weighted by atomic mass is 79.9. The van der Waals surface area contributed by atoms with Crippen molar-refractivity contribution < 1.29 is 0 Å². The number of halogens is 1. The molecule has 1 atom stereocenters. The summed E-state index contributed by atoms with van der Waals surface area (Å²) < 4.78 is 1.24. The number of rotatable bonds is 5. The minimum atomic E-state index is 0.573. The van der Waals surface area contributed by atoms with E-state index in [-0.39, 0.29) is 0 Å². The van der Waals surface area contributed by atoms with Crippen LogP contribution in [0.2, 0.25) is 0 Å². The number of hydrogen-bond acceptors (Lipinski definition) is 3. The van der Waals surface area contributed by atoms with Crippen molar-refractivity contribution in [2.75, 3.05) is 19.6 Å². The van der Waals surface area contributed by atoms with Crippen LogP contribution in [0.25, 0.3) is 0 Å². The largest absolute Gasteiger partial charge is 0.308 e. The van der Waals surface area contributed by atoms with Crippen molar-refractivity contribution in [2.24, 2.45) is 0 Å². The lowest BCUT2D eigenvalue weighted by Gasteiger charge is -2.29. The molecular weight excluding hydrogens is 308 g/mol. The van der Waals surface area contributed by atoms with E-state index >= 15 is 0 Å². The molecule has 0 aromatic carbocycles. The molecule has 0 aliphatic carbocycles. The van der Waals surface area contributed by atoms with E-state index in [2.05, 4.69) is 46.1 Å². The molecule has 0 spiro atoms. The predicted molar refractivity (Wildman–Crippen MR) is 83.3 cm³/mol. The molecule has 0 radical (unpaired) electrons. The van der Waals surface area contributed by atoms with Crippen LogP contribution in [-0.2, 0) is 6.54 Å². The fourth-order valence-corrected chi connectivity index (χ4v) is 4.03. The van der Waals surface area contributed by atoms with Crippen molar-refractivity contribution in [2.45, 2.75) is 45.7 Å². The van der Waals surface area contributed by atoms with Gasteiger partial charge in [-0.25, -0.2) is 0 Å². The summed E-state index contributed by atoms with van der Waals surface area (Å²) in [5.41, 5.74) is 0. The number of nitrogens with zero attached hydrogens (tertiary/aromatic N) is 1. The van der Waals surface area contributed by atoms with Gasteiger partial charge in [-0.3, -0.25) is 0 Å². The lowest BCUT2D eigenvalue weighted by Crippen LogP contribution is -2.41. The van der Waals surface area contributed by atoms with Gasteiger partial charge in [0.2, 0.25) is 0 Å². The zero-order valence-electron chi connectivity index (χ0n) is 11.3. The number of aryl methyl sites for hydroxylation is 1. The molecule has 4 heteroatoms. The van der Waals surface area contributed by atoms with Gasteiger partial charge < -0.3 is 10.2 Å². The zero-order chi connectivity index (χ0) is 13.0. The summed E-state index contributed by atoms with van der Waals surface area (Å²) in [6.45, 7) is 9.21. The van der Waals surface area contributed by atoms with Crippen molar-refractivity contribution >= 4 is 27.3 Å². The van der Waals surface area contributed by atoms with Crippen molar-refractivity contribution in [1.29, 1.82) is 0 Å².